The first-order valence-electron chi connectivity index (χ1n) is 6.99. The number of benzene rings is 1. The van der Waals surface area contributed by atoms with Gasteiger partial charge in [0.05, 0.1) is 5.75 Å². The number of thioether (sulfide) groups is 1. The molecule has 1 fully saturated rings. The van der Waals surface area contributed by atoms with Crippen LogP contribution in [0.25, 0.3) is 0 Å². The van der Waals surface area contributed by atoms with Crippen molar-refractivity contribution in [3.8, 4) is 0 Å². The standard InChI is InChI=1S/C15H19FN2OS2/c1-11-8-12(4-5-13(11)16)9-17-14(19)10-21-15(20)18-6-2-3-7-18/h4-5,8H,2-3,6-7,9-10H2,1H3,(H,17,19). The van der Waals surface area contributed by atoms with Crippen LogP contribution in [0.2, 0.25) is 0 Å². The predicted octanol–water partition coefficient (Wildman–Crippen LogP) is 2.86. The Hall–Kier alpha value is -1.14. The van der Waals surface area contributed by atoms with Gasteiger partial charge >= 0.3 is 0 Å². The van der Waals surface area contributed by atoms with Crippen LogP contribution < -0.4 is 5.32 Å². The number of carbonyl (C=O) groups is 1. The highest BCUT2D eigenvalue weighted by Crippen LogP contribution is 2.16. The van der Waals surface area contributed by atoms with Gasteiger partial charge in [-0.3, -0.25) is 4.79 Å². The Morgan fingerprint density at radius 3 is 2.81 bits per heavy atom. The molecule has 6 heteroatoms. The lowest BCUT2D eigenvalue weighted by Crippen LogP contribution is -2.28. The van der Waals surface area contributed by atoms with E-state index in [2.05, 4.69) is 10.2 Å². The molecule has 1 amide bonds. The van der Waals surface area contributed by atoms with E-state index < -0.39 is 0 Å². The molecule has 0 aromatic heterocycles. The molecule has 1 N–H and O–H groups in total. The van der Waals surface area contributed by atoms with Crippen LogP contribution in [0, 0.1) is 12.7 Å². The summed E-state index contributed by atoms with van der Waals surface area (Å²) in [4.78, 5) is 14.0. The zero-order chi connectivity index (χ0) is 15.2. The van der Waals surface area contributed by atoms with Crippen molar-refractivity contribution in [1.29, 1.82) is 0 Å². The van der Waals surface area contributed by atoms with E-state index in [0.717, 1.165) is 23.0 Å². The number of likely N-dealkylation sites (tertiary alicyclic amines) is 1. The van der Waals surface area contributed by atoms with Crippen molar-refractivity contribution in [2.24, 2.45) is 0 Å². The zero-order valence-electron chi connectivity index (χ0n) is 12.0. The summed E-state index contributed by atoms with van der Waals surface area (Å²) < 4.78 is 14.0. The number of rotatable bonds is 4. The van der Waals surface area contributed by atoms with Gasteiger partial charge in [0, 0.05) is 19.6 Å². The smallest absolute Gasteiger partial charge is 0.230 e. The second-order valence-corrected chi connectivity index (χ2v) is 6.72. The minimum absolute atomic E-state index is 0.0523. The lowest BCUT2D eigenvalue weighted by atomic mass is 10.1. The van der Waals surface area contributed by atoms with Crippen LogP contribution in [0.1, 0.15) is 24.0 Å². The molecule has 1 heterocycles. The third-order valence-electron chi connectivity index (χ3n) is 3.40. The molecule has 0 atom stereocenters. The van der Waals surface area contributed by atoms with E-state index in [1.807, 2.05) is 0 Å². The lowest BCUT2D eigenvalue weighted by Gasteiger charge is -2.17. The molecule has 3 nitrogen and oxygen atoms in total. The summed E-state index contributed by atoms with van der Waals surface area (Å²) in [6.07, 6.45) is 2.35. The zero-order valence-corrected chi connectivity index (χ0v) is 13.7. The molecule has 0 aliphatic carbocycles. The Labute approximate surface area is 134 Å². The van der Waals surface area contributed by atoms with Crippen molar-refractivity contribution in [2.45, 2.75) is 26.3 Å². The van der Waals surface area contributed by atoms with Gasteiger partial charge in [0.2, 0.25) is 5.91 Å². The van der Waals surface area contributed by atoms with E-state index in [0.29, 0.717) is 17.9 Å². The number of aryl methyl sites for hydroxylation is 1. The van der Waals surface area contributed by atoms with Crippen LogP contribution in [-0.4, -0.2) is 34.0 Å². The van der Waals surface area contributed by atoms with E-state index >= 15 is 0 Å². The molecule has 21 heavy (non-hydrogen) atoms. The van der Waals surface area contributed by atoms with E-state index in [4.69, 9.17) is 12.2 Å². The number of halogens is 1. The topological polar surface area (TPSA) is 32.3 Å². The van der Waals surface area contributed by atoms with Gasteiger partial charge in [-0.05, 0) is 37.0 Å². The van der Waals surface area contributed by atoms with Crippen LogP contribution in [0.4, 0.5) is 4.39 Å². The number of nitrogens with zero attached hydrogens (tertiary/aromatic N) is 1. The minimum Gasteiger partial charge on any atom is -0.358 e. The summed E-state index contributed by atoms with van der Waals surface area (Å²) >= 11 is 6.72. The number of thiocarbonyl (C=S) groups is 1. The molecular formula is C15H19FN2OS2. The monoisotopic (exact) mass is 326 g/mol. The average Bonchev–Trinajstić information content (AvgIpc) is 3.00. The van der Waals surface area contributed by atoms with Crippen molar-refractivity contribution in [3.05, 3.63) is 35.1 Å². The van der Waals surface area contributed by atoms with Gasteiger partial charge in [-0.25, -0.2) is 4.39 Å². The number of hydrogen-bond acceptors (Lipinski definition) is 3. The highest BCUT2D eigenvalue weighted by atomic mass is 32.2. The maximum Gasteiger partial charge on any atom is 0.230 e. The second-order valence-electron chi connectivity index (χ2n) is 5.11. The highest BCUT2D eigenvalue weighted by molar-refractivity contribution is 8.23. The molecule has 1 saturated heterocycles. The van der Waals surface area contributed by atoms with Crippen molar-refractivity contribution in [3.63, 3.8) is 0 Å². The molecular weight excluding hydrogens is 307 g/mol. The Kier molecular flexibility index (Phi) is 5.99. The first-order chi connectivity index (χ1) is 10.1. The van der Waals surface area contributed by atoms with Gasteiger partial charge in [0.15, 0.2) is 0 Å². The minimum atomic E-state index is -0.225. The summed E-state index contributed by atoms with van der Waals surface area (Å²) in [7, 11) is 0. The van der Waals surface area contributed by atoms with Crippen LogP contribution >= 0.6 is 24.0 Å². The van der Waals surface area contributed by atoms with E-state index in [1.165, 1.54) is 30.7 Å². The van der Waals surface area contributed by atoms with Gasteiger partial charge < -0.3 is 10.2 Å². The average molecular weight is 326 g/mol. The quantitative estimate of drug-likeness (QED) is 0.863. The van der Waals surface area contributed by atoms with Crippen molar-refractivity contribution >= 4 is 34.2 Å². The Bertz CT molecular complexity index is 530. The van der Waals surface area contributed by atoms with Crippen molar-refractivity contribution in [2.75, 3.05) is 18.8 Å². The molecule has 0 radical (unpaired) electrons. The molecule has 0 saturated carbocycles. The highest BCUT2D eigenvalue weighted by Gasteiger charge is 2.16. The first-order valence-corrected chi connectivity index (χ1v) is 8.39. The van der Waals surface area contributed by atoms with E-state index in [1.54, 1.807) is 19.1 Å². The summed E-state index contributed by atoms with van der Waals surface area (Å²) in [6, 6.07) is 4.86. The van der Waals surface area contributed by atoms with Crippen LogP contribution in [-0.2, 0) is 11.3 Å². The van der Waals surface area contributed by atoms with Gasteiger partial charge in [-0.2, -0.15) is 0 Å². The fraction of sp³-hybridized carbons (Fsp3) is 0.467. The lowest BCUT2D eigenvalue weighted by molar-refractivity contribution is -0.118. The SMILES string of the molecule is Cc1cc(CNC(=O)CSC(=S)N2CCCC2)ccc1F. The van der Waals surface area contributed by atoms with Gasteiger partial charge in [-0.15, -0.1) is 0 Å². The second kappa shape index (κ2) is 7.75. The van der Waals surface area contributed by atoms with Gasteiger partial charge in [0.1, 0.15) is 10.1 Å². The third-order valence-corrected chi connectivity index (χ3v) is 4.93. The summed E-state index contributed by atoms with van der Waals surface area (Å²) in [6.45, 7) is 4.13. The fourth-order valence-electron chi connectivity index (χ4n) is 2.19. The summed E-state index contributed by atoms with van der Waals surface area (Å²) in [5.74, 6) is 0.0512. The molecule has 2 rings (SSSR count). The number of carbonyl (C=O) groups excluding carboxylic acids is 1. The molecule has 1 aromatic rings. The Morgan fingerprint density at radius 1 is 1.43 bits per heavy atom. The molecule has 1 aliphatic heterocycles. The van der Waals surface area contributed by atoms with Crippen LogP contribution in [0.3, 0.4) is 0 Å². The number of nitrogens with one attached hydrogen (secondary N) is 1. The van der Waals surface area contributed by atoms with Crippen LogP contribution in [0.15, 0.2) is 18.2 Å². The maximum absolute atomic E-state index is 13.1. The number of hydrogen-bond donors (Lipinski definition) is 1. The molecule has 1 aliphatic rings. The van der Waals surface area contributed by atoms with Crippen molar-refractivity contribution in [1.82, 2.24) is 10.2 Å². The Balaban J connectivity index is 1.71. The molecule has 114 valence electrons. The molecule has 0 bridgehead atoms. The van der Waals surface area contributed by atoms with Crippen LogP contribution in [0.5, 0.6) is 0 Å². The summed E-state index contributed by atoms with van der Waals surface area (Å²) in [5, 5.41) is 2.83. The first kappa shape index (κ1) is 16.2. The van der Waals surface area contributed by atoms with Gasteiger partial charge in [-0.1, -0.05) is 36.1 Å². The van der Waals surface area contributed by atoms with Gasteiger partial charge in [0.25, 0.3) is 0 Å². The molecule has 0 unspecified atom stereocenters. The van der Waals surface area contributed by atoms with Crippen molar-refractivity contribution < 1.29 is 9.18 Å². The molecule has 1 aromatic carbocycles. The largest absolute Gasteiger partial charge is 0.358 e. The maximum atomic E-state index is 13.1. The fourth-order valence-corrected chi connectivity index (χ4v) is 3.27. The van der Waals surface area contributed by atoms with E-state index in [-0.39, 0.29) is 11.7 Å². The third kappa shape index (κ3) is 4.97. The Morgan fingerprint density at radius 2 is 2.14 bits per heavy atom. The van der Waals surface area contributed by atoms with E-state index in [9.17, 15) is 9.18 Å². The molecule has 0 spiro atoms. The summed E-state index contributed by atoms with van der Waals surface area (Å²) in [5.41, 5.74) is 1.49. The number of amides is 1. The predicted molar refractivity (Wildman–Crippen MR) is 88.8 cm³/mol. The normalized spacial score (nSPS) is 14.3.